The summed E-state index contributed by atoms with van der Waals surface area (Å²) in [6.07, 6.45) is 1.80. The van der Waals surface area contributed by atoms with Gasteiger partial charge in [0, 0.05) is 13.6 Å². The summed E-state index contributed by atoms with van der Waals surface area (Å²) in [5.41, 5.74) is 2.27. The number of para-hydroxylation sites is 1. The number of carbonyl (C=O) groups is 1. The number of carbonyl (C=O) groups excluding carboxylic acids is 1. The predicted molar refractivity (Wildman–Crippen MR) is 89.0 cm³/mol. The van der Waals surface area contributed by atoms with Crippen molar-refractivity contribution in [2.24, 2.45) is 13.0 Å². The Morgan fingerprint density at radius 1 is 1.48 bits per heavy atom. The largest absolute Gasteiger partial charge is 0.493 e. The standard InChI is InChI=1S/C17H20ClN3O2/c1-11-15(18)16(20-21(11)2)17(22)19-10-12-7-8-23-14-6-4-3-5-13(14)9-12/h3-6,12H,7-10H2,1-2H3,(H,19,22). The van der Waals surface area contributed by atoms with E-state index < -0.39 is 0 Å². The number of aromatic nitrogens is 2. The van der Waals surface area contributed by atoms with Gasteiger partial charge in [-0.25, -0.2) is 0 Å². The highest BCUT2D eigenvalue weighted by Crippen LogP contribution is 2.26. The summed E-state index contributed by atoms with van der Waals surface area (Å²) in [6, 6.07) is 8.06. The van der Waals surface area contributed by atoms with Gasteiger partial charge in [-0.1, -0.05) is 29.8 Å². The first-order valence-corrected chi connectivity index (χ1v) is 8.12. The Morgan fingerprint density at radius 3 is 3.00 bits per heavy atom. The Kier molecular flexibility index (Phi) is 4.57. The zero-order valence-electron chi connectivity index (χ0n) is 13.3. The van der Waals surface area contributed by atoms with Crippen molar-refractivity contribution in [2.45, 2.75) is 19.8 Å². The number of nitrogens with one attached hydrogen (secondary N) is 1. The van der Waals surface area contributed by atoms with Crippen molar-refractivity contribution in [2.75, 3.05) is 13.2 Å². The molecule has 1 unspecified atom stereocenters. The zero-order chi connectivity index (χ0) is 16.4. The molecule has 122 valence electrons. The van der Waals surface area contributed by atoms with Gasteiger partial charge in [-0.05, 0) is 37.3 Å². The van der Waals surface area contributed by atoms with Gasteiger partial charge in [-0.2, -0.15) is 5.10 Å². The average molecular weight is 334 g/mol. The quantitative estimate of drug-likeness (QED) is 0.939. The molecule has 1 aromatic carbocycles. The minimum Gasteiger partial charge on any atom is -0.493 e. The number of fused-ring (bicyclic) bond motifs is 1. The second-order valence-corrected chi connectivity index (χ2v) is 6.27. The average Bonchev–Trinajstić information content (AvgIpc) is 2.74. The number of hydrogen-bond acceptors (Lipinski definition) is 3. The molecule has 1 aromatic heterocycles. The van der Waals surface area contributed by atoms with E-state index in [9.17, 15) is 4.79 Å². The smallest absolute Gasteiger partial charge is 0.273 e. The summed E-state index contributed by atoms with van der Waals surface area (Å²) in [4.78, 5) is 12.3. The maximum atomic E-state index is 12.3. The van der Waals surface area contributed by atoms with Crippen LogP contribution in [0.1, 0.15) is 28.2 Å². The zero-order valence-corrected chi connectivity index (χ0v) is 14.1. The molecule has 0 bridgehead atoms. The van der Waals surface area contributed by atoms with Gasteiger partial charge in [0.05, 0.1) is 17.3 Å². The minimum atomic E-state index is -0.225. The third-order valence-corrected chi connectivity index (χ3v) is 4.74. The summed E-state index contributed by atoms with van der Waals surface area (Å²) in [5.74, 6) is 1.06. The lowest BCUT2D eigenvalue weighted by atomic mass is 9.97. The normalized spacial score (nSPS) is 17.1. The van der Waals surface area contributed by atoms with E-state index >= 15 is 0 Å². The minimum absolute atomic E-state index is 0.225. The van der Waals surface area contributed by atoms with Crippen molar-refractivity contribution in [3.05, 3.63) is 46.2 Å². The summed E-state index contributed by atoms with van der Waals surface area (Å²) in [6.45, 7) is 3.09. The summed E-state index contributed by atoms with van der Waals surface area (Å²) in [7, 11) is 1.78. The molecule has 0 aliphatic carbocycles. The molecule has 1 N–H and O–H groups in total. The molecular formula is C17H20ClN3O2. The second-order valence-electron chi connectivity index (χ2n) is 5.90. The maximum absolute atomic E-state index is 12.3. The Hall–Kier alpha value is -2.01. The number of nitrogens with zero attached hydrogens (tertiary/aromatic N) is 2. The van der Waals surface area contributed by atoms with Crippen LogP contribution >= 0.6 is 11.6 Å². The Bertz CT molecular complexity index is 727. The van der Waals surface area contributed by atoms with Crippen LogP contribution in [0.15, 0.2) is 24.3 Å². The molecule has 1 atom stereocenters. The van der Waals surface area contributed by atoms with Crippen LogP contribution in [0.4, 0.5) is 0 Å². The van der Waals surface area contributed by atoms with Gasteiger partial charge in [0.2, 0.25) is 0 Å². The number of hydrogen-bond donors (Lipinski definition) is 1. The summed E-state index contributed by atoms with van der Waals surface area (Å²) >= 11 is 6.16. The third-order valence-electron chi connectivity index (χ3n) is 4.29. The van der Waals surface area contributed by atoms with E-state index in [4.69, 9.17) is 16.3 Å². The van der Waals surface area contributed by atoms with Gasteiger partial charge in [0.15, 0.2) is 5.69 Å². The van der Waals surface area contributed by atoms with Gasteiger partial charge in [-0.3, -0.25) is 9.48 Å². The lowest BCUT2D eigenvalue weighted by molar-refractivity contribution is 0.0940. The highest BCUT2D eigenvalue weighted by Gasteiger charge is 2.21. The van der Waals surface area contributed by atoms with Gasteiger partial charge < -0.3 is 10.1 Å². The summed E-state index contributed by atoms with van der Waals surface area (Å²) in [5, 5.41) is 7.55. The first kappa shape index (κ1) is 15.9. The molecule has 3 rings (SSSR count). The summed E-state index contributed by atoms with van der Waals surface area (Å²) < 4.78 is 7.38. The van der Waals surface area contributed by atoms with Crippen LogP contribution in [0, 0.1) is 12.8 Å². The Morgan fingerprint density at radius 2 is 2.26 bits per heavy atom. The van der Waals surface area contributed by atoms with Crippen LogP contribution in [0.3, 0.4) is 0 Å². The molecule has 2 heterocycles. The molecule has 6 heteroatoms. The topological polar surface area (TPSA) is 56.1 Å². The predicted octanol–water partition coefficient (Wildman–Crippen LogP) is 2.75. The van der Waals surface area contributed by atoms with Crippen molar-refractivity contribution in [1.82, 2.24) is 15.1 Å². The molecule has 2 aromatic rings. The van der Waals surface area contributed by atoms with Gasteiger partial charge in [0.25, 0.3) is 5.91 Å². The van der Waals surface area contributed by atoms with E-state index in [0.29, 0.717) is 24.1 Å². The first-order valence-electron chi connectivity index (χ1n) is 7.74. The molecule has 1 amide bonds. The van der Waals surface area contributed by atoms with E-state index in [1.165, 1.54) is 5.56 Å². The molecular weight excluding hydrogens is 314 g/mol. The van der Waals surface area contributed by atoms with Crippen molar-refractivity contribution in [3.8, 4) is 5.75 Å². The molecule has 0 fully saturated rings. The van der Waals surface area contributed by atoms with E-state index in [1.54, 1.807) is 11.7 Å². The molecule has 0 radical (unpaired) electrons. The number of aryl methyl sites for hydroxylation is 1. The van der Waals surface area contributed by atoms with E-state index in [1.807, 2.05) is 25.1 Å². The van der Waals surface area contributed by atoms with Crippen molar-refractivity contribution in [3.63, 3.8) is 0 Å². The maximum Gasteiger partial charge on any atom is 0.273 e. The van der Waals surface area contributed by atoms with Crippen LogP contribution in [0.2, 0.25) is 5.02 Å². The van der Waals surface area contributed by atoms with Gasteiger partial charge in [0.1, 0.15) is 5.75 Å². The molecule has 1 aliphatic heterocycles. The van der Waals surface area contributed by atoms with Crippen LogP contribution in [-0.4, -0.2) is 28.8 Å². The Labute approximate surface area is 140 Å². The number of rotatable bonds is 3. The van der Waals surface area contributed by atoms with Crippen molar-refractivity contribution < 1.29 is 9.53 Å². The Balaban J connectivity index is 1.64. The van der Waals surface area contributed by atoms with Gasteiger partial charge >= 0.3 is 0 Å². The molecule has 0 saturated heterocycles. The number of ether oxygens (including phenoxy) is 1. The fourth-order valence-corrected chi connectivity index (χ4v) is 3.03. The van der Waals surface area contributed by atoms with E-state index in [0.717, 1.165) is 24.3 Å². The molecule has 0 spiro atoms. The van der Waals surface area contributed by atoms with Crippen LogP contribution < -0.4 is 10.1 Å². The fourth-order valence-electron chi connectivity index (χ4n) is 2.78. The molecule has 5 nitrogen and oxygen atoms in total. The second kappa shape index (κ2) is 6.62. The monoisotopic (exact) mass is 333 g/mol. The van der Waals surface area contributed by atoms with E-state index in [-0.39, 0.29) is 11.6 Å². The highest BCUT2D eigenvalue weighted by atomic mass is 35.5. The first-order chi connectivity index (χ1) is 11.1. The molecule has 23 heavy (non-hydrogen) atoms. The van der Waals surface area contributed by atoms with Crippen molar-refractivity contribution >= 4 is 17.5 Å². The SMILES string of the molecule is Cc1c(Cl)c(C(=O)NCC2CCOc3ccccc3C2)nn1C. The third kappa shape index (κ3) is 3.34. The highest BCUT2D eigenvalue weighted by molar-refractivity contribution is 6.34. The lowest BCUT2D eigenvalue weighted by Crippen LogP contribution is -2.31. The lowest BCUT2D eigenvalue weighted by Gasteiger charge is -2.14. The molecule has 1 aliphatic rings. The van der Waals surface area contributed by atoms with Crippen molar-refractivity contribution in [1.29, 1.82) is 0 Å². The number of benzene rings is 1. The van der Waals surface area contributed by atoms with Crippen LogP contribution in [0.25, 0.3) is 0 Å². The van der Waals surface area contributed by atoms with E-state index in [2.05, 4.69) is 16.5 Å². The van der Waals surface area contributed by atoms with Gasteiger partial charge in [-0.15, -0.1) is 0 Å². The van der Waals surface area contributed by atoms with Crippen LogP contribution in [0.5, 0.6) is 5.75 Å². The fraction of sp³-hybridized carbons (Fsp3) is 0.412. The number of halogens is 1. The molecule has 0 saturated carbocycles. The van der Waals surface area contributed by atoms with Crippen LogP contribution in [-0.2, 0) is 13.5 Å². The number of amides is 1.